The molecule has 0 aliphatic rings. The van der Waals surface area contributed by atoms with Gasteiger partial charge >= 0.3 is 0 Å². The van der Waals surface area contributed by atoms with Crippen molar-refractivity contribution in [1.29, 1.82) is 0 Å². The topological polar surface area (TPSA) is 84.5 Å². The molecule has 2 N–H and O–H groups in total. The fourth-order valence-electron chi connectivity index (χ4n) is 2.76. The molecule has 7 heteroatoms. The first-order valence-electron chi connectivity index (χ1n) is 9.26. The first kappa shape index (κ1) is 21.9. The number of nitrogens with one attached hydrogen (secondary N) is 2. The molecule has 28 heavy (non-hydrogen) atoms. The lowest BCUT2D eigenvalue weighted by Gasteiger charge is -2.15. The molecule has 0 saturated carbocycles. The molecule has 0 aromatic heterocycles. The molecular weight excluding hydrogens is 376 g/mol. The molecule has 1 unspecified atom stereocenters. The standard InChI is InChI=1S/C21H28N2O4S/c1-15(2)23-28(25,26)20-12-5-17(6-13-20)7-14-21(24)22-16(3)18-8-10-19(27-4)11-9-18/h5-6,8-13,15-16,23H,7,14H2,1-4H3,(H,22,24). The van der Waals surface area contributed by atoms with Crippen molar-refractivity contribution in [3.63, 3.8) is 0 Å². The normalized spacial score (nSPS) is 12.6. The quantitative estimate of drug-likeness (QED) is 0.672. The van der Waals surface area contributed by atoms with Crippen LogP contribution in [-0.4, -0.2) is 27.5 Å². The Kier molecular flexibility index (Phi) is 7.60. The minimum Gasteiger partial charge on any atom is -0.497 e. The van der Waals surface area contributed by atoms with Crippen molar-refractivity contribution in [3.05, 3.63) is 59.7 Å². The second kappa shape index (κ2) is 9.71. The van der Waals surface area contributed by atoms with E-state index in [-0.39, 0.29) is 22.9 Å². The Morgan fingerprint density at radius 3 is 2.14 bits per heavy atom. The molecular formula is C21H28N2O4S. The van der Waals surface area contributed by atoms with Crippen LogP contribution in [0.3, 0.4) is 0 Å². The summed E-state index contributed by atoms with van der Waals surface area (Å²) < 4.78 is 32.0. The molecule has 0 heterocycles. The number of benzene rings is 2. The number of carbonyl (C=O) groups excluding carboxylic acids is 1. The molecule has 0 fully saturated rings. The fraction of sp³-hybridized carbons (Fsp3) is 0.381. The summed E-state index contributed by atoms with van der Waals surface area (Å²) in [4.78, 5) is 12.5. The van der Waals surface area contributed by atoms with E-state index in [1.54, 1.807) is 45.2 Å². The average molecular weight is 405 g/mol. The Morgan fingerprint density at radius 1 is 1.00 bits per heavy atom. The SMILES string of the molecule is COc1ccc(C(C)NC(=O)CCc2ccc(S(=O)(=O)NC(C)C)cc2)cc1. The van der Waals surface area contributed by atoms with Crippen molar-refractivity contribution < 1.29 is 17.9 Å². The summed E-state index contributed by atoms with van der Waals surface area (Å²) in [7, 11) is -1.88. The molecule has 0 spiro atoms. The third-order valence-electron chi connectivity index (χ3n) is 4.26. The van der Waals surface area contributed by atoms with Gasteiger partial charge in [-0.1, -0.05) is 24.3 Å². The largest absolute Gasteiger partial charge is 0.497 e. The molecule has 0 radical (unpaired) electrons. The van der Waals surface area contributed by atoms with Crippen LogP contribution in [-0.2, 0) is 21.2 Å². The Bertz CT molecular complexity index is 876. The maximum Gasteiger partial charge on any atom is 0.240 e. The second-order valence-electron chi connectivity index (χ2n) is 6.98. The van der Waals surface area contributed by atoms with Gasteiger partial charge < -0.3 is 10.1 Å². The highest BCUT2D eigenvalue weighted by atomic mass is 32.2. The summed E-state index contributed by atoms with van der Waals surface area (Å²) in [6.45, 7) is 5.48. The zero-order chi connectivity index (χ0) is 20.7. The highest BCUT2D eigenvalue weighted by molar-refractivity contribution is 7.89. The van der Waals surface area contributed by atoms with Gasteiger partial charge in [-0.3, -0.25) is 4.79 Å². The maximum absolute atomic E-state index is 12.2. The zero-order valence-corrected chi connectivity index (χ0v) is 17.5. The third kappa shape index (κ3) is 6.35. The molecule has 1 amide bonds. The van der Waals surface area contributed by atoms with Gasteiger partial charge in [0.25, 0.3) is 0 Å². The number of aryl methyl sites for hydroxylation is 1. The van der Waals surface area contributed by atoms with Gasteiger partial charge in [-0.25, -0.2) is 13.1 Å². The highest BCUT2D eigenvalue weighted by Crippen LogP contribution is 2.18. The number of carbonyl (C=O) groups is 1. The van der Waals surface area contributed by atoms with Crippen LogP contribution in [0.5, 0.6) is 5.75 Å². The van der Waals surface area contributed by atoms with Gasteiger partial charge in [-0.2, -0.15) is 0 Å². The molecule has 6 nitrogen and oxygen atoms in total. The van der Waals surface area contributed by atoms with Crippen molar-refractivity contribution >= 4 is 15.9 Å². The van der Waals surface area contributed by atoms with E-state index in [1.165, 1.54) is 0 Å². The summed E-state index contributed by atoms with van der Waals surface area (Å²) in [6.07, 6.45) is 0.871. The zero-order valence-electron chi connectivity index (χ0n) is 16.7. The smallest absolute Gasteiger partial charge is 0.240 e. The van der Waals surface area contributed by atoms with Crippen LogP contribution in [0.15, 0.2) is 53.4 Å². The Balaban J connectivity index is 1.88. The molecule has 152 valence electrons. The predicted molar refractivity (Wildman–Crippen MR) is 110 cm³/mol. The van der Waals surface area contributed by atoms with Crippen LogP contribution in [0.4, 0.5) is 0 Å². The van der Waals surface area contributed by atoms with Crippen molar-refractivity contribution in [3.8, 4) is 5.75 Å². The minimum absolute atomic E-state index is 0.0542. The van der Waals surface area contributed by atoms with E-state index in [0.29, 0.717) is 12.8 Å². The highest BCUT2D eigenvalue weighted by Gasteiger charge is 2.15. The Labute approximate surface area is 167 Å². The van der Waals surface area contributed by atoms with E-state index >= 15 is 0 Å². The second-order valence-corrected chi connectivity index (χ2v) is 8.70. The predicted octanol–water partition coefficient (Wildman–Crippen LogP) is 3.19. The number of hydrogen-bond acceptors (Lipinski definition) is 4. The van der Waals surface area contributed by atoms with Crippen LogP contribution in [0.25, 0.3) is 0 Å². The summed E-state index contributed by atoms with van der Waals surface area (Å²) in [6, 6.07) is 13.9. The van der Waals surface area contributed by atoms with Crippen molar-refractivity contribution in [2.24, 2.45) is 0 Å². The number of amides is 1. The molecule has 0 saturated heterocycles. The molecule has 0 aliphatic heterocycles. The number of methoxy groups -OCH3 is 1. The lowest BCUT2D eigenvalue weighted by molar-refractivity contribution is -0.121. The summed E-state index contributed by atoms with van der Waals surface area (Å²) in [5, 5.41) is 2.98. The molecule has 0 bridgehead atoms. The van der Waals surface area contributed by atoms with Crippen LogP contribution in [0.1, 0.15) is 44.4 Å². The summed E-state index contributed by atoms with van der Waals surface area (Å²) in [5.41, 5.74) is 1.91. The lowest BCUT2D eigenvalue weighted by Crippen LogP contribution is -2.30. The van der Waals surface area contributed by atoms with E-state index in [4.69, 9.17) is 4.74 Å². The third-order valence-corrected chi connectivity index (χ3v) is 5.93. The fourth-order valence-corrected chi connectivity index (χ4v) is 4.01. The number of rotatable bonds is 9. The maximum atomic E-state index is 12.2. The van der Waals surface area contributed by atoms with Gasteiger partial charge in [0, 0.05) is 12.5 Å². The average Bonchev–Trinajstić information content (AvgIpc) is 2.65. The van der Waals surface area contributed by atoms with Gasteiger partial charge in [-0.05, 0) is 62.6 Å². The van der Waals surface area contributed by atoms with Crippen LogP contribution >= 0.6 is 0 Å². The number of hydrogen-bond donors (Lipinski definition) is 2. The van der Waals surface area contributed by atoms with Crippen LogP contribution in [0.2, 0.25) is 0 Å². The van der Waals surface area contributed by atoms with Crippen molar-refractivity contribution in [2.45, 2.75) is 50.6 Å². The van der Waals surface area contributed by atoms with Crippen LogP contribution < -0.4 is 14.8 Å². The molecule has 1 atom stereocenters. The van der Waals surface area contributed by atoms with Gasteiger partial charge in [-0.15, -0.1) is 0 Å². The van der Waals surface area contributed by atoms with E-state index in [1.807, 2.05) is 31.2 Å². The Morgan fingerprint density at radius 2 is 1.61 bits per heavy atom. The number of sulfonamides is 1. The Hall–Kier alpha value is -2.38. The van der Waals surface area contributed by atoms with Gasteiger partial charge in [0.05, 0.1) is 18.0 Å². The van der Waals surface area contributed by atoms with E-state index in [0.717, 1.165) is 16.9 Å². The molecule has 0 aliphatic carbocycles. The van der Waals surface area contributed by atoms with E-state index in [9.17, 15) is 13.2 Å². The molecule has 2 rings (SSSR count). The summed E-state index contributed by atoms with van der Waals surface area (Å²) in [5.74, 6) is 0.720. The first-order valence-corrected chi connectivity index (χ1v) is 10.7. The van der Waals surface area contributed by atoms with Crippen molar-refractivity contribution in [1.82, 2.24) is 10.0 Å². The van der Waals surface area contributed by atoms with Gasteiger partial charge in [0.15, 0.2) is 0 Å². The molecule has 2 aromatic carbocycles. The van der Waals surface area contributed by atoms with Gasteiger partial charge in [0.2, 0.25) is 15.9 Å². The van der Waals surface area contributed by atoms with E-state index < -0.39 is 10.0 Å². The monoisotopic (exact) mass is 404 g/mol. The summed E-state index contributed by atoms with van der Waals surface area (Å²) >= 11 is 0. The van der Waals surface area contributed by atoms with E-state index in [2.05, 4.69) is 10.0 Å². The number of ether oxygens (including phenoxy) is 1. The minimum atomic E-state index is -3.50. The lowest BCUT2D eigenvalue weighted by atomic mass is 10.1. The van der Waals surface area contributed by atoms with Gasteiger partial charge in [0.1, 0.15) is 5.75 Å². The van der Waals surface area contributed by atoms with Crippen molar-refractivity contribution in [2.75, 3.05) is 7.11 Å². The molecule has 2 aromatic rings. The van der Waals surface area contributed by atoms with Crippen LogP contribution in [0, 0.1) is 0 Å². The first-order chi connectivity index (χ1) is 13.2.